The molecular formula is C12H13ClN2. The molecule has 2 nitrogen and oxygen atoms in total. The molecule has 0 N–H and O–H groups in total. The Morgan fingerprint density at radius 2 is 2.07 bits per heavy atom. The number of hydrogen-bond acceptors (Lipinski definition) is 2. The monoisotopic (exact) mass is 220 g/mol. The minimum absolute atomic E-state index is 0.356. The Bertz CT molecular complexity index is 424. The van der Waals surface area contributed by atoms with Crippen LogP contribution in [0.3, 0.4) is 0 Å². The van der Waals surface area contributed by atoms with Crippen LogP contribution in [0.25, 0.3) is 0 Å². The standard InChI is InChI=1S/C12H13ClN2/c1-12(2)7-15(8-12)11-5-10(13)4-3-9(11)6-14/h3-5H,7-8H2,1-2H3. The minimum Gasteiger partial charge on any atom is -0.369 e. The quantitative estimate of drug-likeness (QED) is 0.728. The van der Waals surface area contributed by atoms with Gasteiger partial charge in [0.1, 0.15) is 6.07 Å². The van der Waals surface area contributed by atoms with Crippen LogP contribution < -0.4 is 4.90 Å². The van der Waals surface area contributed by atoms with E-state index in [4.69, 9.17) is 16.9 Å². The Morgan fingerprint density at radius 1 is 1.40 bits per heavy atom. The van der Waals surface area contributed by atoms with Gasteiger partial charge in [0.25, 0.3) is 0 Å². The van der Waals surface area contributed by atoms with Gasteiger partial charge in [0.05, 0.1) is 11.3 Å². The smallest absolute Gasteiger partial charge is 0.101 e. The Morgan fingerprint density at radius 3 is 2.60 bits per heavy atom. The van der Waals surface area contributed by atoms with Crippen LogP contribution in [0.5, 0.6) is 0 Å². The third-order valence-electron chi connectivity index (χ3n) is 2.66. The van der Waals surface area contributed by atoms with E-state index >= 15 is 0 Å². The Labute approximate surface area is 95.1 Å². The maximum atomic E-state index is 8.99. The first-order chi connectivity index (χ1) is 7.02. The highest BCUT2D eigenvalue weighted by Crippen LogP contribution is 2.36. The van der Waals surface area contributed by atoms with Gasteiger partial charge in [-0.3, -0.25) is 0 Å². The van der Waals surface area contributed by atoms with Crippen molar-refractivity contribution in [2.75, 3.05) is 18.0 Å². The van der Waals surface area contributed by atoms with Crippen molar-refractivity contribution in [2.24, 2.45) is 5.41 Å². The molecular weight excluding hydrogens is 208 g/mol. The molecule has 0 amide bonds. The molecule has 0 spiro atoms. The van der Waals surface area contributed by atoms with Crippen LogP contribution in [0.15, 0.2) is 18.2 Å². The summed E-state index contributed by atoms with van der Waals surface area (Å²) in [5.74, 6) is 0. The average Bonchev–Trinajstić information content (AvgIpc) is 2.14. The van der Waals surface area contributed by atoms with Crippen molar-refractivity contribution in [3.63, 3.8) is 0 Å². The van der Waals surface area contributed by atoms with Gasteiger partial charge in [-0.1, -0.05) is 25.4 Å². The first kappa shape index (κ1) is 10.3. The molecule has 1 aromatic carbocycles. The van der Waals surface area contributed by atoms with Crippen LogP contribution in [0, 0.1) is 16.7 Å². The van der Waals surface area contributed by atoms with Gasteiger partial charge in [-0.2, -0.15) is 5.26 Å². The molecule has 1 aromatic rings. The molecule has 3 heteroatoms. The van der Waals surface area contributed by atoms with Crippen molar-refractivity contribution in [1.29, 1.82) is 5.26 Å². The van der Waals surface area contributed by atoms with Crippen LogP contribution in [0.2, 0.25) is 5.02 Å². The molecule has 0 saturated carbocycles. The zero-order chi connectivity index (χ0) is 11.1. The van der Waals surface area contributed by atoms with E-state index in [1.807, 2.05) is 6.07 Å². The summed E-state index contributed by atoms with van der Waals surface area (Å²) in [7, 11) is 0. The van der Waals surface area contributed by atoms with Crippen molar-refractivity contribution in [3.05, 3.63) is 28.8 Å². The Balaban J connectivity index is 2.29. The Hall–Kier alpha value is -1.20. The normalized spacial score (nSPS) is 18.1. The topological polar surface area (TPSA) is 27.0 Å². The van der Waals surface area contributed by atoms with Crippen molar-refractivity contribution in [3.8, 4) is 6.07 Å². The number of benzene rings is 1. The van der Waals surface area contributed by atoms with E-state index in [2.05, 4.69) is 24.8 Å². The van der Waals surface area contributed by atoms with E-state index in [-0.39, 0.29) is 0 Å². The highest BCUT2D eigenvalue weighted by molar-refractivity contribution is 6.30. The second-order valence-corrected chi connectivity index (χ2v) is 5.23. The van der Waals surface area contributed by atoms with Gasteiger partial charge in [0, 0.05) is 18.1 Å². The summed E-state index contributed by atoms with van der Waals surface area (Å²) in [6.45, 7) is 6.42. The van der Waals surface area contributed by atoms with Gasteiger partial charge >= 0.3 is 0 Å². The van der Waals surface area contributed by atoms with Crippen molar-refractivity contribution in [2.45, 2.75) is 13.8 Å². The van der Waals surface area contributed by atoms with E-state index < -0.39 is 0 Å². The fourth-order valence-corrected chi connectivity index (χ4v) is 2.18. The van der Waals surface area contributed by atoms with E-state index in [0.29, 0.717) is 16.0 Å². The first-order valence-corrected chi connectivity index (χ1v) is 5.34. The molecule has 0 unspecified atom stereocenters. The van der Waals surface area contributed by atoms with E-state index in [9.17, 15) is 0 Å². The fourth-order valence-electron chi connectivity index (χ4n) is 2.02. The maximum Gasteiger partial charge on any atom is 0.101 e. The molecule has 1 aliphatic rings. The molecule has 0 radical (unpaired) electrons. The summed E-state index contributed by atoms with van der Waals surface area (Å²) in [6.07, 6.45) is 0. The van der Waals surface area contributed by atoms with Crippen molar-refractivity contribution in [1.82, 2.24) is 0 Å². The number of anilines is 1. The van der Waals surface area contributed by atoms with Crippen LogP contribution in [-0.2, 0) is 0 Å². The molecule has 0 bridgehead atoms. The third kappa shape index (κ3) is 1.93. The van der Waals surface area contributed by atoms with Gasteiger partial charge in [-0.15, -0.1) is 0 Å². The number of nitriles is 1. The summed E-state index contributed by atoms with van der Waals surface area (Å²) < 4.78 is 0. The average molecular weight is 221 g/mol. The number of hydrogen-bond donors (Lipinski definition) is 0. The molecule has 15 heavy (non-hydrogen) atoms. The van der Waals surface area contributed by atoms with E-state index in [1.165, 1.54) is 0 Å². The van der Waals surface area contributed by atoms with Gasteiger partial charge in [0.2, 0.25) is 0 Å². The number of halogens is 1. The summed E-state index contributed by atoms with van der Waals surface area (Å²) in [6, 6.07) is 7.61. The summed E-state index contributed by atoms with van der Waals surface area (Å²) in [5, 5.41) is 9.68. The number of rotatable bonds is 1. The summed E-state index contributed by atoms with van der Waals surface area (Å²) in [5.41, 5.74) is 2.02. The highest BCUT2D eigenvalue weighted by atomic mass is 35.5. The molecule has 1 saturated heterocycles. The van der Waals surface area contributed by atoms with Crippen molar-refractivity contribution < 1.29 is 0 Å². The second-order valence-electron chi connectivity index (χ2n) is 4.79. The Kier molecular flexibility index (Phi) is 2.36. The molecule has 1 fully saturated rings. The lowest BCUT2D eigenvalue weighted by Gasteiger charge is -2.47. The van der Waals surface area contributed by atoms with Crippen LogP contribution in [0.1, 0.15) is 19.4 Å². The van der Waals surface area contributed by atoms with Gasteiger partial charge in [-0.25, -0.2) is 0 Å². The summed E-state index contributed by atoms with van der Waals surface area (Å²) in [4.78, 5) is 2.20. The SMILES string of the molecule is CC1(C)CN(c2cc(Cl)ccc2C#N)C1. The molecule has 0 aromatic heterocycles. The van der Waals surface area contributed by atoms with Crippen molar-refractivity contribution >= 4 is 17.3 Å². The zero-order valence-corrected chi connectivity index (χ0v) is 9.67. The van der Waals surface area contributed by atoms with E-state index in [0.717, 1.165) is 18.8 Å². The molecule has 1 aliphatic heterocycles. The second kappa shape index (κ2) is 3.43. The third-order valence-corrected chi connectivity index (χ3v) is 2.89. The van der Waals surface area contributed by atoms with Gasteiger partial charge in [-0.05, 0) is 23.6 Å². The van der Waals surface area contributed by atoms with Crippen LogP contribution in [-0.4, -0.2) is 13.1 Å². The highest BCUT2D eigenvalue weighted by Gasteiger charge is 2.35. The minimum atomic E-state index is 0.356. The molecule has 1 heterocycles. The molecule has 2 rings (SSSR count). The largest absolute Gasteiger partial charge is 0.369 e. The first-order valence-electron chi connectivity index (χ1n) is 4.96. The molecule has 78 valence electrons. The number of nitrogens with zero attached hydrogens (tertiary/aromatic N) is 2. The lowest BCUT2D eigenvalue weighted by molar-refractivity contribution is 0.276. The lowest BCUT2D eigenvalue weighted by Crippen LogP contribution is -2.53. The molecule has 0 atom stereocenters. The zero-order valence-electron chi connectivity index (χ0n) is 8.92. The van der Waals surface area contributed by atoms with E-state index in [1.54, 1.807) is 12.1 Å². The van der Waals surface area contributed by atoms with Crippen LogP contribution >= 0.6 is 11.6 Å². The van der Waals surface area contributed by atoms with Crippen LogP contribution in [0.4, 0.5) is 5.69 Å². The summed E-state index contributed by atoms with van der Waals surface area (Å²) >= 11 is 5.93. The molecule has 0 aliphatic carbocycles. The predicted octanol–water partition coefficient (Wildman–Crippen LogP) is 3.06. The van der Waals surface area contributed by atoms with Gasteiger partial charge < -0.3 is 4.90 Å². The predicted molar refractivity (Wildman–Crippen MR) is 62.2 cm³/mol. The maximum absolute atomic E-state index is 8.99. The fraction of sp³-hybridized carbons (Fsp3) is 0.417. The lowest BCUT2D eigenvalue weighted by atomic mass is 9.83. The van der Waals surface area contributed by atoms with Gasteiger partial charge in [0.15, 0.2) is 0 Å².